The smallest absolute Gasteiger partial charge is 0.319 e. The first-order valence-corrected chi connectivity index (χ1v) is 7.01. The number of amides is 2. The fourth-order valence-corrected chi connectivity index (χ4v) is 2.25. The first kappa shape index (κ1) is 14.8. The number of amidine groups is 1. The Labute approximate surface area is 124 Å². The summed E-state index contributed by atoms with van der Waals surface area (Å²) in [7, 11) is 0. The van der Waals surface area contributed by atoms with E-state index < -0.39 is 6.04 Å². The molecule has 0 spiro atoms. The van der Waals surface area contributed by atoms with E-state index in [1.165, 1.54) is 0 Å². The molecule has 0 heterocycles. The Morgan fingerprint density at radius 1 is 1.24 bits per heavy atom. The van der Waals surface area contributed by atoms with Gasteiger partial charge in [-0.2, -0.15) is 0 Å². The molecule has 0 aliphatic rings. The Morgan fingerprint density at radius 3 is 2.67 bits per heavy atom. The number of fused-ring (bicyclic) bond motifs is 1. The van der Waals surface area contributed by atoms with Crippen LogP contribution in [0.15, 0.2) is 42.5 Å². The standard InChI is InChI=1S/C16H20N4O/c1-2-6-14(15(17)18)20-16(21)19-13-10-5-8-11-7-3-4-9-12(11)13/h3-5,7-10,14H,2,6H2,1H3,(H3,17,18)(H2,19,20,21). The Morgan fingerprint density at radius 2 is 1.95 bits per heavy atom. The van der Waals surface area contributed by atoms with Crippen molar-refractivity contribution >= 4 is 28.3 Å². The van der Waals surface area contributed by atoms with Crippen molar-refractivity contribution in [2.45, 2.75) is 25.8 Å². The van der Waals surface area contributed by atoms with E-state index in [0.717, 1.165) is 22.9 Å². The third kappa shape index (κ3) is 3.72. The number of benzene rings is 2. The molecule has 2 aromatic rings. The molecular formula is C16H20N4O. The van der Waals surface area contributed by atoms with Crippen LogP contribution in [0.4, 0.5) is 10.5 Å². The van der Waals surface area contributed by atoms with Crippen LogP contribution >= 0.6 is 0 Å². The molecule has 2 rings (SSSR count). The molecule has 0 fully saturated rings. The largest absolute Gasteiger partial charge is 0.386 e. The van der Waals surface area contributed by atoms with Crippen molar-refractivity contribution in [1.82, 2.24) is 5.32 Å². The summed E-state index contributed by atoms with van der Waals surface area (Å²) in [6, 6.07) is 12.8. The van der Waals surface area contributed by atoms with Crippen molar-refractivity contribution in [2.75, 3.05) is 5.32 Å². The predicted octanol–water partition coefficient (Wildman–Crippen LogP) is 3.07. The molecule has 2 aromatic carbocycles. The molecule has 0 saturated carbocycles. The molecule has 0 bridgehead atoms. The van der Waals surface area contributed by atoms with Crippen LogP contribution in [0.1, 0.15) is 19.8 Å². The molecule has 1 unspecified atom stereocenters. The molecule has 2 amide bonds. The number of nitrogens with two attached hydrogens (primary N) is 1. The number of nitrogens with one attached hydrogen (secondary N) is 3. The van der Waals surface area contributed by atoms with Gasteiger partial charge in [-0.1, -0.05) is 49.7 Å². The lowest BCUT2D eigenvalue weighted by Crippen LogP contribution is -2.45. The number of rotatable bonds is 5. The summed E-state index contributed by atoms with van der Waals surface area (Å²) in [6.45, 7) is 1.99. The van der Waals surface area contributed by atoms with E-state index in [2.05, 4.69) is 10.6 Å². The van der Waals surface area contributed by atoms with Crippen LogP contribution in [-0.4, -0.2) is 17.9 Å². The van der Waals surface area contributed by atoms with Crippen LogP contribution in [-0.2, 0) is 0 Å². The van der Waals surface area contributed by atoms with Crippen LogP contribution in [0.2, 0.25) is 0 Å². The Kier molecular flexibility index (Phi) is 4.77. The third-order valence-electron chi connectivity index (χ3n) is 3.30. The van der Waals surface area contributed by atoms with Gasteiger partial charge in [0.1, 0.15) is 5.84 Å². The summed E-state index contributed by atoms with van der Waals surface area (Å²) >= 11 is 0. The summed E-state index contributed by atoms with van der Waals surface area (Å²) in [4.78, 5) is 12.1. The summed E-state index contributed by atoms with van der Waals surface area (Å²) < 4.78 is 0. The van der Waals surface area contributed by atoms with Gasteiger partial charge in [0.25, 0.3) is 0 Å². The minimum atomic E-state index is -0.426. The van der Waals surface area contributed by atoms with Gasteiger partial charge < -0.3 is 16.4 Å². The highest BCUT2D eigenvalue weighted by molar-refractivity contribution is 6.02. The Balaban J connectivity index is 2.13. The predicted molar refractivity (Wildman–Crippen MR) is 86.7 cm³/mol. The van der Waals surface area contributed by atoms with Gasteiger partial charge in [0.05, 0.1) is 11.7 Å². The summed E-state index contributed by atoms with van der Waals surface area (Å²) in [6.07, 6.45) is 1.50. The third-order valence-corrected chi connectivity index (χ3v) is 3.30. The average Bonchev–Trinajstić information content (AvgIpc) is 2.47. The fourth-order valence-electron chi connectivity index (χ4n) is 2.25. The monoisotopic (exact) mass is 284 g/mol. The van der Waals surface area contributed by atoms with Crippen LogP contribution in [0.25, 0.3) is 10.8 Å². The average molecular weight is 284 g/mol. The van der Waals surface area contributed by atoms with E-state index in [0.29, 0.717) is 6.42 Å². The highest BCUT2D eigenvalue weighted by Crippen LogP contribution is 2.22. The van der Waals surface area contributed by atoms with Crippen LogP contribution in [0, 0.1) is 5.41 Å². The van der Waals surface area contributed by atoms with Crippen molar-refractivity contribution in [1.29, 1.82) is 5.41 Å². The van der Waals surface area contributed by atoms with Gasteiger partial charge in [-0.3, -0.25) is 5.41 Å². The Hall–Kier alpha value is -2.56. The molecule has 1 atom stereocenters. The number of hydrogen-bond acceptors (Lipinski definition) is 2. The quantitative estimate of drug-likeness (QED) is 0.502. The summed E-state index contributed by atoms with van der Waals surface area (Å²) in [5.74, 6) is -0.0232. The highest BCUT2D eigenvalue weighted by Gasteiger charge is 2.14. The second kappa shape index (κ2) is 6.74. The SMILES string of the molecule is CCCC(NC(=O)Nc1cccc2ccccc12)C(=N)N. The van der Waals surface area contributed by atoms with Gasteiger partial charge in [-0.25, -0.2) is 4.79 Å². The fraction of sp³-hybridized carbons (Fsp3) is 0.250. The molecule has 110 valence electrons. The second-order valence-corrected chi connectivity index (χ2v) is 4.92. The topological polar surface area (TPSA) is 91.0 Å². The van der Waals surface area contributed by atoms with Gasteiger partial charge in [-0.05, 0) is 17.9 Å². The van der Waals surface area contributed by atoms with E-state index in [1.807, 2.05) is 49.4 Å². The maximum absolute atomic E-state index is 12.1. The first-order valence-electron chi connectivity index (χ1n) is 7.01. The van der Waals surface area contributed by atoms with Gasteiger partial charge in [0.2, 0.25) is 0 Å². The molecule has 5 heteroatoms. The zero-order chi connectivity index (χ0) is 15.2. The minimum absolute atomic E-state index is 0.0232. The van der Waals surface area contributed by atoms with E-state index in [-0.39, 0.29) is 11.9 Å². The molecule has 0 radical (unpaired) electrons. The number of anilines is 1. The van der Waals surface area contributed by atoms with Crippen LogP contribution in [0.5, 0.6) is 0 Å². The van der Waals surface area contributed by atoms with Crippen molar-refractivity contribution in [3.8, 4) is 0 Å². The van der Waals surface area contributed by atoms with E-state index in [9.17, 15) is 4.79 Å². The van der Waals surface area contributed by atoms with E-state index in [4.69, 9.17) is 11.1 Å². The summed E-state index contributed by atoms with van der Waals surface area (Å²) in [5.41, 5.74) is 6.24. The number of carbonyl (C=O) groups excluding carboxylic acids is 1. The number of urea groups is 1. The zero-order valence-corrected chi connectivity index (χ0v) is 12.0. The van der Waals surface area contributed by atoms with Crippen molar-refractivity contribution in [3.63, 3.8) is 0 Å². The van der Waals surface area contributed by atoms with E-state index >= 15 is 0 Å². The molecule has 0 aliphatic carbocycles. The van der Waals surface area contributed by atoms with Gasteiger partial charge in [0.15, 0.2) is 0 Å². The molecule has 5 N–H and O–H groups in total. The molecule has 0 aliphatic heterocycles. The normalized spacial score (nSPS) is 11.9. The summed E-state index contributed by atoms with van der Waals surface area (Å²) in [5, 5.41) is 15.1. The maximum Gasteiger partial charge on any atom is 0.319 e. The maximum atomic E-state index is 12.1. The van der Waals surface area contributed by atoms with E-state index in [1.54, 1.807) is 0 Å². The molecule has 0 saturated heterocycles. The van der Waals surface area contributed by atoms with Crippen LogP contribution in [0.3, 0.4) is 0 Å². The van der Waals surface area contributed by atoms with Crippen molar-refractivity contribution < 1.29 is 4.79 Å². The van der Waals surface area contributed by atoms with Gasteiger partial charge in [-0.15, -0.1) is 0 Å². The lowest BCUT2D eigenvalue weighted by atomic mass is 10.1. The van der Waals surface area contributed by atoms with Crippen LogP contribution < -0.4 is 16.4 Å². The lowest BCUT2D eigenvalue weighted by Gasteiger charge is -2.17. The number of hydrogen-bond donors (Lipinski definition) is 4. The van der Waals surface area contributed by atoms with Crippen molar-refractivity contribution in [2.24, 2.45) is 5.73 Å². The highest BCUT2D eigenvalue weighted by atomic mass is 16.2. The lowest BCUT2D eigenvalue weighted by molar-refractivity contribution is 0.250. The Bertz CT molecular complexity index is 648. The van der Waals surface area contributed by atoms with Gasteiger partial charge in [0, 0.05) is 5.39 Å². The minimum Gasteiger partial charge on any atom is -0.386 e. The molecule has 21 heavy (non-hydrogen) atoms. The molecule has 5 nitrogen and oxygen atoms in total. The first-order chi connectivity index (χ1) is 10.1. The van der Waals surface area contributed by atoms with Gasteiger partial charge >= 0.3 is 6.03 Å². The second-order valence-electron chi connectivity index (χ2n) is 4.92. The molecular weight excluding hydrogens is 264 g/mol. The van der Waals surface area contributed by atoms with Crippen molar-refractivity contribution in [3.05, 3.63) is 42.5 Å². The number of carbonyl (C=O) groups is 1. The zero-order valence-electron chi connectivity index (χ0n) is 12.0. The molecule has 0 aromatic heterocycles.